The van der Waals surface area contributed by atoms with Crippen molar-refractivity contribution in [3.8, 4) is 5.82 Å². The highest BCUT2D eigenvalue weighted by molar-refractivity contribution is 8.00. The summed E-state index contributed by atoms with van der Waals surface area (Å²) >= 11 is 3.11. The Balaban J connectivity index is 1.39. The molecule has 28 heavy (non-hydrogen) atoms. The van der Waals surface area contributed by atoms with Crippen LogP contribution in [-0.4, -0.2) is 43.9 Å². The van der Waals surface area contributed by atoms with Crippen LogP contribution in [0.25, 0.3) is 5.82 Å². The Hall–Kier alpha value is -2.32. The normalized spacial score (nSPS) is 10.8. The van der Waals surface area contributed by atoms with E-state index in [1.807, 2.05) is 32.0 Å². The lowest BCUT2D eigenvalue weighted by Gasteiger charge is -2.06. The van der Waals surface area contributed by atoms with Crippen LogP contribution >= 0.6 is 23.5 Å². The molecule has 146 valence electrons. The Bertz CT molecular complexity index is 923. The first kappa shape index (κ1) is 20.4. The van der Waals surface area contributed by atoms with E-state index in [-0.39, 0.29) is 5.91 Å². The first-order valence-corrected chi connectivity index (χ1v) is 10.9. The summed E-state index contributed by atoms with van der Waals surface area (Å²) in [7, 11) is 0. The van der Waals surface area contributed by atoms with Gasteiger partial charge in [-0.25, -0.2) is 4.68 Å². The summed E-state index contributed by atoms with van der Waals surface area (Å²) in [5.41, 5.74) is 3.20. The van der Waals surface area contributed by atoms with Crippen molar-refractivity contribution in [1.29, 1.82) is 0 Å². The minimum atomic E-state index is -0.000992. The molecule has 0 atom stereocenters. The van der Waals surface area contributed by atoms with E-state index in [1.165, 1.54) is 22.2 Å². The number of carbonyl (C=O) groups is 1. The van der Waals surface area contributed by atoms with Gasteiger partial charge in [0.1, 0.15) is 5.03 Å². The number of thioether (sulfide) groups is 2. The van der Waals surface area contributed by atoms with Crippen LogP contribution < -0.4 is 5.32 Å². The summed E-state index contributed by atoms with van der Waals surface area (Å²) in [5.74, 6) is 1.84. The first-order valence-electron chi connectivity index (χ1n) is 8.97. The van der Waals surface area contributed by atoms with E-state index < -0.39 is 0 Å². The number of aryl methyl sites for hydroxylation is 3. The van der Waals surface area contributed by atoms with E-state index >= 15 is 0 Å². The summed E-state index contributed by atoms with van der Waals surface area (Å²) in [6, 6.07) is 14.1. The number of nitrogens with zero attached hydrogens (tertiary/aromatic N) is 4. The molecule has 0 saturated carbocycles. The van der Waals surface area contributed by atoms with E-state index in [1.54, 1.807) is 16.4 Å². The predicted octanol–water partition coefficient (Wildman–Crippen LogP) is 3.59. The zero-order valence-electron chi connectivity index (χ0n) is 16.2. The van der Waals surface area contributed by atoms with Gasteiger partial charge in [-0.3, -0.25) is 4.79 Å². The molecule has 0 unspecified atom stereocenters. The van der Waals surface area contributed by atoms with Crippen LogP contribution in [0.4, 0.5) is 0 Å². The monoisotopic (exact) mass is 413 g/mol. The molecule has 0 fully saturated rings. The maximum atomic E-state index is 12.0. The van der Waals surface area contributed by atoms with Crippen LogP contribution in [0.2, 0.25) is 0 Å². The average molecular weight is 414 g/mol. The largest absolute Gasteiger partial charge is 0.355 e. The SMILES string of the molecule is Cc1ccc(SCCNC(=O)CSc2ccc(-n3nc(C)cc3C)nn2)cc1. The lowest BCUT2D eigenvalue weighted by Crippen LogP contribution is -2.27. The number of rotatable bonds is 8. The molecule has 1 aromatic carbocycles. The molecule has 0 radical (unpaired) electrons. The quantitative estimate of drug-likeness (QED) is 0.449. The maximum Gasteiger partial charge on any atom is 0.230 e. The molecule has 0 aliphatic carbocycles. The predicted molar refractivity (Wildman–Crippen MR) is 114 cm³/mol. The molecule has 2 heterocycles. The third kappa shape index (κ3) is 5.84. The summed E-state index contributed by atoms with van der Waals surface area (Å²) in [6.45, 7) is 6.63. The van der Waals surface area contributed by atoms with Crippen LogP contribution in [0.15, 0.2) is 52.4 Å². The third-order valence-corrected chi connectivity index (χ3v) is 5.85. The van der Waals surface area contributed by atoms with Crippen molar-refractivity contribution in [2.45, 2.75) is 30.7 Å². The van der Waals surface area contributed by atoms with E-state index in [2.05, 4.69) is 51.8 Å². The summed E-state index contributed by atoms with van der Waals surface area (Å²) in [4.78, 5) is 13.2. The van der Waals surface area contributed by atoms with Crippen molar-refractivity contribution in [3.63, 3.8) is 0 Å². The van der Waals surface area contributed by atoms with Crippen LogP contribution in [-0.2, 0) is 4.79 Å². The highest BCUT2D eigenvalue weighted by Gasteiger charge is 2.08. The Morgan fingerprint density at radius 2 is 1.82 bits per heavy atom. The molecular formula is C20H23N5OS2. The second-order valence-corrected chi connectivity index (χ2v) is 8.53. The van der Waals surface area contributed by atoms with Gasteiger partial charge in [0, 0.05) is 22.9 Å². The molecule has 6 nitrogen and oxygen atoms in total. The Labute approximate surface area is 173 Å². The number of nitrogens with one attached hydrogen (secondary N) is 1. The molecule has 1 N–H and O–H groups in total. The van der Waals surface area contributed by atoms with Crippen LogP contribution in [0.5, 0.6) is 0 Å². The second-order valence-electron chi connectivity index (χ2n) is 6.37. The minimum Gasteiger partial charge on any atom is -0.355 e. The molecule has 0 saturated heterocycles. The topological polar surface area (TPSA) is 72.7 Å². The Morgan fingerprint density at radius 1 is 1.04 bits per heavy atom. The lowest BCUT2D eigenvalue weighted by molar-refractivity contribution is -0.118. The number of benzene rings is 1. The van der Waals surface area contributed by atoms with Gasteiger partial charge in [-0.2, -0.15) is 5.10 Å². The van der Waals surface area contributed by atoms with Gasteiger partial charge in [-0.15, -0.1) is 22.0 Å². The van der Waals surface area contributed by atoms with Gasteiger partial charge in [0.05, 0.1) is 11.4 Å². The zero-order valence-corrected chi connectivity index (χ0v) is 17.8. The average Bonchev–Trinajstić information content (AvgIpc) is 3.03. The van der Waals surface area contributed by atoms with Crippen molar-refractivity contribution >= 4 is 29.4 Å². The minimum absolute atomic E-state index is 0.000992. The van der Waals surface area contributed by atoms with Crippen LogP contribution in [0, 0.1) is 20.8 Å². The molecule has 1 amide bonds. The van der Waals surface area contributed by atoms with Crippen molar-refractivity contribution in [2.75, 3.05) is 18.1 Å². The van der Waals surface area contributed by atoms with E-state index in [4.69, 9.17) is 0 Å². The number of carbonyl (C=O) groups excluding carboxylic acids is 1. The fourth-order valence-corrected chi connectivity index (χ4v) is 3.96. The van der Waals surface area contributed by atoms with E-state index in [0.717, 1.165) is 22.2 Å². The lowest BCUT2D eigenvalue weighted by atomic mass is 10.2. The van der Waals surface area contributed by atoms with Gasteiger partial charge >= 0.3 is 0 Å². The van der Waals surface area contributed by atoms with Crippen LogP contribution in [0.1, 0.15) is 17.0 Å². The molecule has 0 spiro atoms. The fourth-order valence-electron chi connectivity index (χ4n) is 2.55. The molecule has 3 rings (SSSR count). The molecule has 0 bridgehead atoms. The molecule has 2 aromatic heterocycles. The molecular weight excluding hydrogens is 390 g/mol. The van der Waals surface area contributed by atoms with Gasteiger partial charge in [0.2, 0.25) is 5.91 Å². The van der Waals surface area contributed by atoms with Gasteiger partial charge in [-0.1, -0.05) is 29.5 Å². The number of hydrogen-bond acceptors (Lipinski definition) is 6. The highest BCUT2D eigenvalue weighted by atomic mass is 32.2. The van der Waals surface area contributed by atoms with Gasteiger partial charge in [0.15, 0.2) is 5.82 Å². The molecule has 0 aliphatic rings. The van der Waals surface area contributed by atoms with Crippen molar-refractivity contribution < 1.29 is 4.79 Å². The van der Waals surface area contributed by atoms with Crippen molar-refractivity contribution in [3.05, 3.63) is 59.4 Å². The Morgan fingerprint density at radius 3 is 2.46 bits per heavy atom. The fraction of sp³-hybridized carbons (Fsp3) is 0.300. The number of aromatic nitrogens is 4. The maximum absolute atomic E-state index is 12.0. The van der Waals surface area contributed by atoms with Gasteiger partial charge in [0.25, 0.3) is 0 Å². The number of hydrogen-bond donors (Lipinski definition) is 1. The van der Waals surface area contributed by atoms with E-state index in [9.17, 15) is 4.79 Å². The third-order valence-electron chi connectivity index (χ3n) is 3.92. The highest BCUT2D eigenvalue weighted by Crippen LogP contribution is 2.18. The molecule has 3 aromatic rings. The second kappa shape index (κ2) is 9.75. The van der Waals surface area contributed by atoms with Gasteiger partial charge < -0.3 is 5.32 Å². The summed E-state index contributed by atoms with van der Waals surface area (Å²) in [6.07, 6.45) is 0. The zero-order chi connectivity index (χ0) is 19.9. The van der Waals surface area contributed by atoms with E-state index in [0.29, 0.717) is 18.1 Å². The summed E-state index contributed by atoms with van der Waals surface area (Å²) in [5, 5.41) is 16.4. The smallest absolute Gasteiger partial charge is 0.230 e. The number of amides is 1. The first-order chi connectivity index (χ1) is 13.5. The van der Waals surface area contributed by atoms with Gasteiger partial charge in [-0.05, 0) is 51.1 Å². The summed E-state index contributed by atoms with van der Waals surface area (Å²) < 4.78 is 1.76. The molecule has 0 aliphatic heterocycles. The molecule has 8 heteroatoms. The van der Waals surface area contributed by atoms with Crippen LogP contribution in [0.3, 0.4) is 0 Å². The van der Waals surface area contributed by atoms with Crippen molar-refractivity contribution in [2.24, 2.45) is 0 Å². The standard InChI is InChI=1S/C20H23N5OS2/c1-14-4-6-17(7-5-14)27-11-10-21-19(26)13-28-20-9-8-18(22-23-20)25-16(3)12-15(2)24-25/h4-9,12H,10-11,13H2,1-3H3,(H,21,26). The Kier molecular flexibility index (Phi) is 7.11. The van der Waals surface area contributed by atoms with Crippen molar-refractivity contribution in [1.82, 2.24) is 25.3 Å².